The largest absolute Gasteiger partial charge is 0.398 e. The summed E-state index contributed by atoms with van der Waals surface area (Å²) in [5.74, 6) is 1.99. The molecule has 0 saturated heterocycles. The fourth-order valence-electron chi connectivity index (χ4n) is 2.50. The van der Waals surface area contributed by atoms with Crippen LogP contribution < -0.4 is 11.5 Å². The number of anilines is 2. The molecule has 82 valence electrons. The highest BCUT2D eigenvalue weighted by Crippen LogP contribution is 2.39. The fraction of sp³-hybridized carbons (Fsp3) is 0.583. The van der Waals surface area contributed by atoms with E-state index in [9.17, 15) is 0 Å². The molecule has 0 radical (unpaired) electrons. The molecule has 1 aromatic heterocycles. The van der Waals surface area contributed by atoms with Gasteiger partial charge in [0.25, 0.3) is 0 Å². The summed E-state index contributed by atoms with van der Waals surface area (Å²) in [7, 11) is 0. The molecule has 15 heavy (non-hydrogen) atoms. The first kappa shape index (κ1) is 10.3. The summed E-state index contributed by atoms with van der Waals surface area (Å²) in [6, 6.07) is 1.85. The van der Waals surface area contributed by atoms with Crippen molar-refractivity contribution in [3.8, 4) is 0 Å². The second-order valence-electron chi connectivity index (χ2n) is 4.66. The Balaban J connectivity index is 2.22. The number of nitrogens with zero attached hydrogens (tertiary/aromatic N) is 1. The second-order valence-corrected chi connectivity index (χ2v) is 4.66. The molecule has 1 fully saturated rings. The molecule has 2 rings (SSSR count). The van der Waals surface area contributed by atoms with E-state index in [0.717, 1.165) is 17.2 Å². The Bertz CT molecular complexity index is 320. The van der Waals surface area contributed by atoms with Crippen LogP contribution in [0.25, 0.3) is 0 Å². The molecule has 1 aliphatic carbocycles. The maximum Gasteiger partial charge on any atom is 0.128 e. The van der Waals surface area contributed by atoms with Crippen molar-refractivity contribution in [1.82, 2.24) is 4.98 Å². The Morgan fingerprint density at radius 3 is 2.47 bits per heavy atom. The Morgan fingerprint density at radius 2 is 1.87 bits per heavy atom. The lowest BCUT2D eigenvalue weighted by atomic mass is 9.79. The van der Waals surface area contributed by atoms with Gasteiger partial charge < -0.3 is 11.5 Å². The van der Waals surface area contributed by atoms with E-state index in [0.29, 0.717) is 11.7 Å². The number of nitrogens with two attached hydrogens (primary N) is 2. The van der Waals surface area contributed by atoms with Gasteiger partial charge in [0.05, 0.1) is 0 Å². The SMILES string of the molecule is CC1CCC(c2c(N)ccnc2N)CC1. The van der Waals surface area contributed by atoms with Crippen LogP contribution in [0.3, 0.4) is 0 Å². The van der Waals surface area contributed by atoms with Crippen molar-refractivity contribution in [2.24, 2.45) is 5.92 Å². The van der Waals surface area contributed by atoms with Crippen LogP contribution in [0.2, 0.25) is 0 Å². The Kier molecular flexibility index (Phi) is 2.80. The minimum absolute atomic E-state index is 0.523. The van der Waals surface area contributed by atoms with Crippen LogP contribution in [0.5, 0.6) is 0 Å². The zero-order valence-electron chi connectivity index (χ0n) is 9.24. The Morgan fingerprint density at radius 1 is 1.20 bits per heavy atom. The lowest BCUT2D eigenvalue weighted by Crippen LogP contribution is -2.14. The van der Waals surface area contributed by atoms with Gasteiger partial charge in [0.2, 0.25) is 0 Å². The molecule has 1 aliphatic rings. The van der Waals surface area contributed by atoms with Crippen LogP contribution in [0.1, 0.15) is 44.1 Å². The molecule has 1 aromatic rings. The summed E-state index contributed by atoms with van der Waals surface area (Å²) < 4.78 is 0. The van der Waals surface area contributed by atoms with Gasteiger partial charge in [-0.15, -0.1) is 0 Å². The fourth-order valence-corrected chi connectivity index (χ4v) is 2.50. The molecular formula is C12H19N3. The van der Waals surface area contributed by atoms with Gasteiger partial charge in [-0.3, -0.25) is 0 Å². The van der Waals surface area contributed by atoms with Crippen LogP contribution in [0.15, 0.2) is 12.3 Å². The zero-order chi connectivity index (χ0) is 10.8. The normalized spacial score (nSPS) is 26.5. The maximum absolute atomic E-state index is 5.97. The van der Waals surface area contributed by atoms with Crippen LogP contribution >= 0.6 is 0 Å². The minimum atomic E-state index is 0.523. The van der Waals surface area contributed by atoms with Crippen molar-refractivity contribution >= 4 is 11.5 Å². The van der Waals surface area contributed by atoms with Gasteiger partial charge in [-0.05, 0) is 30.7 Å². The van der Waals surface area contributed by atoms with E-state index in [-0.39, 0.29) is 0 Å². The van der Waals surface area contributed by atoms with Crippen molar-refractivity contribution in [2.75, 3.05) is 11.5 Å². The molecule has 0 amide bonds. The molecule has 1 heterocycles. The van der Waals surface area contributed by atoms with Crippen molar-refractivity contribution in [3.63, 3.8) is 0 Å². The van der Waals surface area contributed by atoms with Crippen LogP contribution in [-0.4, -0.2) is 4.98 Å². The number of rotatable bonds is 1. The van der Waals surface area contributed by atoms with E-state index in [2.05, 4.69) is 11.9 Å². The smallest absolute Gasteiger partial charge is 0.128 e. The van der Waals surface area contributed by atoms with E-state index >= 15 is 0 Å². The van der Waals surface area contributed by atoms with E-state index < -0.39 is 0 Å². The zero-order valence-corrected chi connectivity index (χ0v) is 9.24. The average Bonchev–Trinajstić information content (AvgIpc) is 2.20. The molecule has 3 nitrogen and oxygen atoms in total. The summed E-state index contributed by atoms with van der Waals surface area (Å²) in [5, 5.41) is 0. The Hall–Kier alpha value is -1.25. The van der Waals surface area contributed by atoms with Crippen LogP contribution in [0, 0.1) is 5.92 Å². The summed E-state index contributed by atoms with van der Waals surface area (Å²) in [5.41, 5.74) is 13.8. The first-order valence-corrected chi connectivity index (χ1v) is 5.68. The Labute approximate surface area is 90.9 Å². The predicted molar refractivity (Wildman–Crippen MR) is 63.4 cm³/mol. The topological polar surface area (TPSA) is 64.9 Å². The highest BCUT2D eigenvalue weighted by atomic mass is 14.8. The average molecular weight is 205 g/mol. The minimum Gasteiger partial charge on any atom is -0.398 e. The summed E-state index contributed by atoms with van der Waals surface area (Å²) in [4.78, 5) is 4.13. The monoisotopic (exact) mass is 205 g/mol. The molecule has 0 aliphatic heterocycles. The molecule has 3 heteroatoms. The van der Waals surface area contributed by atoms with E-state index in [1.807, 2.05) is 6.07 Å². The van der Waals surface area contributed by atoms with Gasteiger partial charge in [0.1, 0.15) is 5.82 Å². The van der Waals surface area contributed by atoms with Gasteiger partial charge >= 0.3 is 0 Å². The van der Waals surface area contributed by atoms with Crippen molar-refractivity contribution in [1.29, 1.82) is 0 Å². The summed E-state index contributed by atoms with van der Waals surface area (Å²) in [6.07, 6.45) is 6.62. The lowest BCUT2D eigenvalue weighted by Gasteiger charge is -2.27. The first-order chi connectivity index (χ1) is 7.18. The number of aromatic nitrogens is 1. The second kappa shape index (κ2) is 4.09. The maximum atomic E-state index is 5.97. The highest BCUT2D eigenvalue weighted by molar-refractivity contribution is 5.58. The lowest BCUT2D eigenvalue weighted by molar-refractivity contribution is 0.348. The van der Waals surface area contributed by atoms with E-state index in [1.54, 1.807) is 6.20 Å². The summed E-state index contributed by atoms with van der Waals surface area (Å²) >= 11 is 0. The van der Waals surface area contributed by atoms with Gasteiger partial charge in [0.15, 0.2) is 0 Å². The van der Waals surface area contributed by atoms with Gasteiger partial charge in [-0.1, -0.05) is 19.8 Å². The highest BCUT2D eigenvalue weighted by Gasteiger charge is 2.23. The third kappa shape index (κ3) is 2.06. The molecule has 0 unspecified atom stereocenters. The van der Waals surface area contributed by atoms with Gasteiger partial charge in [-0.25, -0.2) is 4.98 Å². The van der Waals surface area contributed by atoms with Crippen LogP contribution in [0.4, 0.5) is 11.5 Å². The van der Waals surface area contributed by atoms with E-state index in [1.165, 1.54) is 25.7 Å². The number of hydrogen-bond donors (Lipinski definition) is 2. The molecular weight excluding hydrogens is 186 g/mol. The third-order valence-electron chi connectivity index (χ3n) is 3.48. The predicted octanol–water partition coefficient (Wildman–Crippen LogP) is 2.54. The number of hydrogen-bond acceptors (Lipinski definition) is 3. The van der Waals surface area contributed by atoms with Crippen molar-refractivity contribution < 1.29 is 0 Å². The van der Waals surface area contributed by atoms with Gasteiger partial charge in [0, 0.05) is 17.4 Å². The molecule has 0 aromatic carbocycles. The molecule has 0 atom stereocenters. The molecule has 4 N–H and O–H groups in total. The van der Waals surface area contributed by atoms with Crippen molar-refractivity contribution in [3.05, 3.63) is 17.8 Å². The number of nitrogen functional groups attached to an aromatic ring is 2. The van der Waals surface area contributed by atoms with E-state index in [4.69, 9.17) is 11.5 Å². The standard InChI is InChI=1S/C12H19N3/c1-8-2-4-9(5-3-8)11-10(13)6-7-15-12(11)14/h6-9H,2-5H2,1H3,(H4,13,14,15). The van der Waals surface area contributed by atoms with Crippen LogP contribution in [-0.2, 0) is 0 Å². The molecule has 1 saturated carbocycles. The third-order valence-corrected chi connectivity index (χ3v) is 3.48. The number of pyridine rings is 1. The van der Waals surface area contributed by atoms with Gasteiger partial charge in [-0.2, -0.15) is 0 Å². The molecule has 0 bridgehead atoms. The summed E-state index contributed by atoms with van der Waals surface area (Å²) in [6.45, 7) is 2.31. The quantitative estimate of drug-likeness (QED) is 0.740. The molecule has 0 spiro atoms. The first-order valence-electron chi connectivity index (χ1n) is 5.68. The van der Waals surface area contributed by atoms with Crippen molar-refractivity contribution in [2.45, 2.75) is 38.5 Å².